The lowest BCUT2D eigenvalue weighted by atomic mass is 9.97. The van der Waals surface area contributed by atoms with Crippen LogP contribution < -0.4 is 4.74 Å². The normalized spacial score (nSPS) is 17.1. The van der Waals surface area contributed by atoms with Gasteiger partial charge in [0.1, 0.15) is 6.10 Å². The first-order chi connectivity index (χ1) is 12.7. The molecular formula is C21H26N2O3. The fourth-order valence-corrected chi connectivity index (χ4v) is 3.49. The van der Waals surface area contributed by atoms with E-state index >= 15 is 0 Å². The smallest absolute Gasteiger partial charge is 0.306 e. The zero-order valence-electron chi connectivity index (χ0n) is 15.0. The van der Waals surface area contributed by atoms with Gasteiger partial charge in [-0.1, -0.05) is 24.3 Å². The van der Waals surface area contributed by atoms with E-state index in [1.54, 1.807) is 6.20 Å². The van der Waals surface area contributed by atoms with Crippen molar-refractivity contribution in [3.8, 4) is 5.88 Å². The number of benzene rings is 1. The van der Waals surface area contributed by atoms with E-state index in [1.165, 1.54) is 0 Å². The Labute approximate surface area is 154 Å². The molecule has 1 aromatic carbocycles. The molecule has 1 N–H and O–H groups in total. The molecule has 1 atom stereocenters. The molecule has 138 valence electrons. The van der Waals surface area contributed by atoms with Crippen LogP contribution in [0.3, 0.4) is 0 Å². The van der Waals surface area contributed by atoms with Crippen LogP contribution in [0.1, 0.15) is 25.7 Å². The summed E-state index contributed by atoms with van der Waals surface area (Å²) < 4.78 is 6.29. The number of piperidine rings is 1. The zero-order valence-corrected chi connectivity index (χ0v) is 15.0. The Morgan fingerprint density at radius 2 is 2.12 bits per heavy atom. The second kappa shape index (κ2) is 8.81. The molecule has 0 amide bonds. The number of carboxylic acids is 1. The standard InChI is InChI=1S/C21H26N2O3/c1-2-3-7-18(15-23-13-10-17(11-14-23)21(24)25)26-20-19-8-5-4-6-16(19)9-12-22-20/h2,4-6,8-9,12,17-18H,1,3,7,10-11,13-15H2,(H,24,25). The van der Waals surface area contributed by atoms with Gasteiger partial charge in [-0.25, -0.2) is 4.98 Å². The quantitative estimate of drug-likeness (QED) is 0.732. The van der Waals surface area contributed by atoms with Crippen LogP contribution in [0.5, 0.6) is 5.88 Å². The minimum absolute atomic E-state index is 0.00711. The average molecular weight is 354 g/mol. The third kappa shape index (κ3) is 4.61. The van der Waals surface area contributed by atoms with Crippen LogP contribution in [0, 0.1) is 5.92 Å². The summed E-state index contributed by atoms with van der Waals surface area (Å²) in [5.74, 6) is -0.222. The van der Waals surface area contributed by atoms with E-state index in [2.05, 4.69) is 22.5 Å². The topological polar surface area (TPSA) is 62.7 Å². The zero-order chi connectivity index (χ0) is 18.4. The third-order valence-electron chi connectivity index (χ3n) is 5.01. The molecule has 0 spiro atoms. The number of ether oxygens (including phenoxy) is 1. The lowest BCUT2D eigenvalue weighted by Crippen LogP contribution is -2.42. The first-order valence-electron chi connectivity index (χ1n) is 9.24. The largest absolute Gasteiger partial charge is 0.481 e. The summed E-state index contributed by atoms with van der Waals surface area (Å²) in [5, 5.41) is 11.3. The molecule has 1 saturated heterocycles. The van der Waals surface area contributed by atoms with E-state index in [0.717, 1.165) is 43.2 Å². The van der Waals surface area contributed by atoms with E-state index in [1.807, 2.05) is 30.3 Å². The predicted octanol–water partition coefficient (Wildman–Crippen LogP) is 3.75. The van der Waals surface area contributed by atoms with E-state index in [9.17, 15) is 4.79 Å². The van der Waals surface area contributed by atoms with Gasteiger partial charge >= 0.3 is 5.97 Å². The molecular weight excluding hydrogens is 328 g/mol. The van der Waals surface area contributed by atoms with Crippen molar-refractivity contribution in [3.63, 3.8) is 0 Å². The van der Waals surface area contributed by atoms with Crippen LogP contribution in [0.2, 0.25) is 0 Å². The predicted molar refractivity (Wildman–Crippen MR) is 102 cm³/mol. The second-order valence-electron chi connectivity index (χ2n) is 6.86. The highest BCUT2D eigenvalue weighted by atomic mass is 16.5. The molecule has 1 aliphatic heterocycles. The van der Waals surface area contributed by atoms with Gasteiger partial charge in [-0.15, -0.1) is 6.58 Å². The number of pyridine rings is 1. The Morgan fingerprint density at radius 3 is 2.85 bits per heavy atom. The van der Waals surface area contributed by atoms with Crippen LogP contribution in [-0.4, -0.2) is 46.7 Å². The number of nitrogens with zero attached hydrogens (tertiary/aromatic N) is 2. The van der Waals surface area contributed by atoms with Crippen molar-refractivity contribution < 1.29 is 14.6 Å². The molecule has 26 heavy (non-hydrogen) atoms. The van der Waals surface area contributed by atoms with E-state index in [0.29, 0.717) is 18.7 Å². The van der Waals surface area contributed by atoms with Gasteiger partial charge in [0.25, 0.3) is 0 Å². The molecule has 1 aliphatic rings. The van der Waals surface area contributed by atoms with Crippen molar-refractivity contribution in [3.05, 3.63) is 49.2 Å². The SMILES string of the molecule is C=CCCC(CN1CCC(C(=O)O)CC1)Oc1nccc2ccccc12. The van der Waals surface area contributed by atoms with Gasteiger partial charge in [0.2, 0.25) is 5.88 Å². The van der Waals surface area contributed by atoms with Crippen LogP contribution in [-0.2, 0) is 4.79 Å². The third-order valence-corrected chi connectivity index (χ3v) is 5.01. The number of aliphatic carboxylic acids is 1. The molecule has 0 bridgehead atoms. The molecule has 1 aromatic heterocycles. The van der Waals surface area contributed by atoms with Crippen molar-refractivity contribution in [2.75, 3.05) is 19.6 Å². The van der Waals surface area contributed by atoms with Gasteiger partial charge in [-0.05, 0) is 56.3 Å². The highest BCUT2D eigenvalue weighted by molar-refractivity contribution is 5.86. The Bertz CT molecular complexity index is 749. The van der Waals surface area contributed by atoms with E-state index in [4.69, 9.17) is 9.84 Å². The maximum absolute atomic E-state index is 11.1. The molecule has 1 fully saturated rings. The molecule has 0 aliphatic carbocycles. The summed E-state index contributed by atoms with van der Waals surface area (Å²) in [7, 11) is 0. The Balaban J connectivity index is 1.68. The summed E-state index contributed by atoms with van der Waals surface area (Å²) in [6, 6.07) is 10.1. The first kappa shape index (κ1) is 18.4. The molecule has 0 radical (unpaired) electrons. The van der Waals surface area contributed by atoms with Gasteiger partial charge in [-0.3, -0.25) is 9.69 Å². The highest BCUT2D eigenvalue weighted by Crippen LogP contribution is 2.25. The van der Waals surface area contributed by atoms with Crippen LogP contribution in [0.25, 0.3) is 10.8 Å². The van der Waals surface area contributed by atoms with Gasteiger partial charge < -0.3 is 9.84 Å². The Hall–Kier alpha value is -2.40. The minimum atomic E-state index is -0.677. The van der Waals surface area contributed by atoms with E-state index < -0.39 is 5.97 Å². The van der Waals surface area contributed by atoms with Gasteiger partial charge in [-0.2, -0.15) is 0 Å². The molecule has 5 nitrogen and oxygen atoms in total. The second-order valence-corrected chi connectivity index (χ2v) is 6.86. The molecule has 1 unspecified atom stereocenters. The number of aromatic nitrogens is 1. The number of hydrogen-bond donors (Lipinski definition) is 1. The molecule has 2 heterocycles. The number of carbonyl (C=O) groups is 1. The lowest BCUT2D eigenvalue weighted by molar-refractivity contribution is -0.143. The van der Waals surface area contributed by atoms with Crippen molar-refractivity contribution in [1.82, 2.24) is 9.88 Å². The van der Waals surface area contributed by atoms with Gasteiger partial charge in [0.05, 0.1) is 5.92 Å². The van der Waals surface area contributed by atoms with E-state index in [-0.39, 0.29) is 12.0 Å². The highest BCUT2D eigenvalue weighted by Gasteiger charge is 2.26. The average Bonchev–Trinajstić information content (AvgIpc) is 2.67. The maximum atomic E-state index is 11.1. The number of fused-ring (bicyclic) bond motifs is 1. The number of hydrogen-bond acceptors (Lipinski definition) is 4. The van der Waals surface area contributed by atoms with Crippen molar-refractivity contribution in [2.24, 2.45) is 5.92 Å². The summed E-state index contributed by atoms with van der Waals surface area (Å²) in [5.41, 5.74) is 0. The summed E-state index contributed by atoms with van der Waals surface area (Å²) in [4.78, 5) is 17.9. The Kier molecular flexibility index (Phi) is 6.23. The summed E-state index contributed by atoms with van der Waals surface area (Å²) >= 11 is 0. The number of allylic oxidation sites excluding steroid dienone is 1. The summed E-state index contributed by atoms with van der Waals surface area (Å²) in [6.07, 6.45) is 6.84. The van der Waals surface area contributed by atoms with Crippen molar-refractivity contribution in [1.29, 1.82) is 0 Å². The first-order valence-corrected chi connectivity index (χ1v) is 9.24. The van der Waals surface area contributed by atoms with Crippen LogP contribution in [0.4, 0.5) is 0 Å². The molecule has 3 rings (SSSR count). The van der Waals surface area contributed by atoms with Gasteiger partial charge in [0, 0.05) is 18.1 Å². The van der Waals surface area contributed by atoms with Gasteiger partial charge in [0.15, 0.2) is 0 Å². The molecule has 0 saturated carbocycles. The van der Waals surface area contributed by atoms with Crippen LogP contribution in [0.15, 0.2) is 49.2 Å². The number of rotatable bonds is 8. The lowest BCUT2D eigenvalue weighted by Gasteiger charge is -2.32. The van der Waals surface area contributed by atoms with Crippen LogP contribution >= 0.6 is 0 Å². The minimum Gasteiger partial charge on any atom is -0.481 e. The number of carboxylic acid groups (broad SMARTS) is 1. The maximum Gasteiger partial charge on any atom is 0.306 e. The molecule has 5 heteroatoms. The number of likely N-dealkylation sites (tertiary alicyclic amines) is 1. The summed E-state index contributed by atoms with van der Waals surface area (Å²) in [6.45, 7) is 6.20. The monoisotopic (exact) mass is 354 g/mol. The van der Waals surface area contributed by atoms with Crippen molar-refractivity contribution >= 4 is 16.7 Å². The fraction of sp³-hybridized carbons (Fsp3) is 0.429. The fourth-order valence-electron chi connectivity index (χ4n) is 3.49. The van der Waals surface area contributed by atoms with Crippen molar-refractivity contribution in [2.45, 2.75) is 31.8 Å². The Morgan fingerprint density at radius 1 is 1.35 bits per heavy atom. The molecule has 2 aromatic rings.